The lowest BCUT2D eigenvalue weighted by molar-refractivity contribution is 0.364. The Hall–Kier alpha value is -2.55. The molecule has 0 N–H and O–H groups in total. The summed E-state index contributed by atoms with van der Waals surface area (Å²) in [5.41, 5.74) is 3.39. The number of aryl methyl sites for hydroxylation is 1. The van der Waals surface area contributed by atoms with Gasteiger partial charge in [-0.3, -0.25) is 0 Å². The van der Waals surface area contributed by atoms with Crippen molar-refractivity contribution in [1.82, 2.24) is 0 Å². The summed E-state index contributed by atoms with van der Waals surface area (Å²) in [5.74, 6) is -0.980. The zero-order valence-corrected chi connectivity index (χ0v) is 19.6. The molecule has 0 nitrogen and oxygen atoms in total. The molecule has 1 atom stereocenters. The average Bonchev–Trinajstić information content (AvgIpc) is 2.82. The van der Waals surface area contributed by atoms with E-state index >= 15 is 4.39 Å². The van der Waals surface area contributed by atoms with Crippen molar-refractivity contribution < 1.29 is 13.2 Å². The Morgan fingerprint density at radius 1 is 0.909 bits per heavy atom. The van der Waals surface area contributed by atoms with Crippen LogP contribution in [0.2, 0.25) is 0 Å². The summed E-state index contributed by atoms with van der Waals surface area (Å²) in [5, 5.41) is 0. The van der Waals surface area contributed by atoms with Crippen molar-refractivity contribution in [3.05, 3.63) is 94.9 Å². The highest BCUT2D eigenvalue weighted by atomic mass is 19.2. The van der Waals surface area contributed by atoms with Gasteiger partial charge in [0.05, 0.1) is 0 Å². The van der Waals surface area contributed by atoms with E-state index in [2.05, 4.69) is 13.0 Å². The largest absolute Gasteiger partial charge is 0.207 e. The standard InChI is InChI=1S/C30H33F3/c1-3-4-21-6-12-23(13-7-21)26-17-18-27(30(33)29(26)32)24-14-8-22(9-15-24)10-16-25-11-5-20(2)19-28(25)31/h6-7,10-13,16-20,22,24H,3-5,8-9,14-15H2,1-2H3/b16-10+. The van der Waals surface area contributed by atoms with Gasteiger partial charge in [-0.1, -0.05) is 74.9 Å². The maximum Gasteiger partial charge on any atom is 0.166 e. The van der Waals surface area contributed by atoms with Crippen LogP contribution >= 0.6 is 0 Å². The highest BCUT2D eigenvalue weighted by Gasteiger charge is 2.26. The SMILES string of the molecule is CCCc1ccc(-c2ccc(C3CCC(/C=C/C4=CCC(C)C=C4F)CC3)c(F)c2F)cc1. The van der Waals surface area contributed by atoms with Gasteiger partial charge in [-0.2, -0.15) is 0 Å². The first-order chi connectivity index (χ1) is 16.0. The van der Waals surface area contributed by atoms with Crippen LogP contribution in [0.3, 0.4) is 0 Å². The van der Waals surface area contributed by atoms with E-state index < -0.39 is 11.6 Å². The fraction of sp³-hybridized carbons (Fsp3) is 0.400. The van der Waals surface area contributed by atoms with E-state index in [9.17, 15) is 8.78 Å². The zero-order chi connectivity index (χ0) is 23.4. The minimum atomic E-state index is -0.751. The lowest BCUT2D eigenvalue weighted by atomic mass is 9.78. The third-order valence-corrected chi connectivity index (χ3v) is 7.09. The normalized spacial score (nSPS) is 23.5. The smallest absolute Gasteiger partial charge is 0.166 e. The molecule has 2 aromatic rings. The van der Waals surface area contributed by atoms with Gasteiger partial charge >= 0.3 is 0 Å². The van der Waals surface area contributed by atoms with Gasteiger partial charge in [-0.05, 0) is 79.0 Å². The molecule has 0 spiro atoms. The molecular weight excluding hydrogens is 417 g/mol. The van der Waals surface area contributed by atoms with Gasteiger partial charge in [0.15, 0.2) is 11.6 Å². The molecule has 33 heavy (non-hydrogen) atoms. The lowest BCUT2D eigenvalue weighted by Crippen LogP contribution is -2.14. The van der Waals surface area contributed by atoms with E-state index in [0.717, 1.165) is 44.9 Å². The van der Waals surface area contributed by atoms with Crippen molar-refractivity contribution in [2.45, 2.75) is 64.7 Å². The fourth-order valence-electron chi connectivity index (χ4n) is 5.08. The summed E-state index contributed by atoms with van der Waals surface area (Å²) in [6.45, 7) is 4.13. The Labute approximate surface area is 195 Å². The minimum absolute atomic E-state index is 0.0245. The Kier molecular flexibility index (Phi) is 7.57. The van der Waals surface area contributed by atoms with Gasteiger partial charge in [-0.25, -0.2) is 13.2 Å². The highest BCUT2D eigenvalue weighted by Crippen LogP contribution is 2.39. The van der Waals surface area contributed by atoms with Crippen LogP contribution < -0.4 is 0 Å². The molecule has 0 aliphatic heterocycles. The van der Waals surface area contributed by atoms with Crippen LogP contribution in [-0.2, 0) is 6.42 Å². The van der Waals surface area contributed by atoms with E-state index in [1.807, 2.05) is 43.3 Å². The maximum atomic E-state index is 15.1. The summed E-state index contributed by atoms with van der Waals surface area (Å²) >= 11 is 0. The van der Waals surface area contributed by atoms with Crippen LogP contribution in [0.25, 0.3) is 11.1 Å². The molecule has 0 saturated heterocycles. The Morgan fingerprint density at radius 2 is 1.64 bits per heavy atom. The summed E-state index contributed by atoms with van der Waals surface area (Å²) < 4.78 is 44.1. The van der Waals surface area contributed by atoms with Crippen LogP contribution in [0.4, 0.5) is 13.2 Å². The molecule has 174 valence electrons. The predicted molar refractivity (Wildman–Crippen MR) is 131 cm³/mol. The molecule has 2 aliphatic carbocycles. The monoisotopic (exact) mass is 450 g/mol. The van der Waals surface area contributed by atoms with Gasteiger partial charge in [0.1, 0.15) is 5.83 Å². The Balaban J connectivity index is 1.41. The van der Waals surface area contributed by atoms with Crippen molar-refractivity contribution in [2.75, 3.05) is 0 Å². The molecule has 0 radical (unpaired) electrons. The molecule has 0 bridgehead atoms. The lowest BCUT2D eigenvalue weighted by Gasteiger charge is -2.28. The average molecular weight is 451 g/mol. The van der Waals surface area contributed by atoms with Crippen LogP contribution in [0, 0.1) is 23.5 Å². The van der Waals surface area contributed by atoms with Crippen LogP contribution in [-0.4, -0.2) is 0 Å². The van der Waals surface area contributed by atoms with Crippen LogP contribution in [0.5, 0.6) is 0 Å². The number of benzene rings is 2. The van der Waals surface area contributed by atoms with Crippen LogP contribution in [0.15, 0.2) is 72.1 Å². The van der Waals surface area contributed by atoms with E-state index in [-0.39, 0.29) is 17.7 Å². The molecule has 4 rings (SSSR count). The molecule has 1 saturated carbocycles. The summed E-state index contributed by atoms with van der Waals surface area (Å²) in [4.78, 5) is 0. The second-order valence-electron chi connectivity index (χ2n) is 9.64. The molecule has 2 aromatic carbocycles. The molecular formula is C30H33F3. The summed E-state index contributed by atoms with van der Waals surface area (Å²) in [7, 11) is 0. The topological polar surface area (TPSA) is 0 Å². The summed E-state index contributed by atoms with van der Waals surface area (Å²) in [6.07, 6.45) is 13.9. The van der Waals surface area contributed by atoms with Gasteiger partial charge < -0.3 is 0 Å². The van der Waals surface area contributed by atoms with E-state index in [1.54, 1.807) is 18.2 Å². The van der Waals surface area contributed by atoms with Gasteiger partial charge in [0, 0.05) is 11.1 Å². The van der Waals surface area contributed by atoms with Crippen molar-refractivity contribution in [3.63, 3.8) is 0 Å². The number of rotatable bonds is 6. The van der Waals surface area contributed by atoms with E-state index in [1.165, 1.54) is 5.56 Å². The Bertz CT molecular complexity index is 1050. The molecule has 1 unspecified atom stereocenters. The number of hydrogen-bond acceptors (Lipinski definition) is 0. The van der Waals surface area contributed by atoms with Crippen LogP contribution in [0.1, 0.15) is 69.4 Å². The molecule has 2 aliphatic rings. The first kappa shape index (κ1) is 23.6. The van der Waals surface area contributed by atoms with Gasteiger partial charge in [0.25, 0.3) is 0 Å². The number of allylic oxidation sites excluding steroid dienone is 6. The first-order valence-corrected chi connectivity index (χ1v) is 12.3. The summed E-state index contributed by atoms with van der Waals surface area (Å²) in [6, 6.07) is 11.2. The maximum absolute atomic E-state index is 15.1. The fourth-order valence-corrected chi connectivity index (χ4v) is 5.08. The highest BCUT2D eigenvalue weighted by molar-refractivity contribution is 5.65. The van der Waals surface area contributed by atoms with Gasteiger partial charge in [0.2, 0.25) is 0 Å². The molecule has 0 amide bonds. The molecule has 1 fully saturated rings. The van der Waals surface area contributed by atoms with E-state index in [4.69, 9.17) is 0 Å². The van der Waals surface area contributed by atoms with Crippen molar-refractivity contribution in [2.24, 2.45) is 11.8 Å². The number of halogens is 3. The quantitative estimate of drug-likeness (QED) is 0.411. The van der Waals surface area contributed by atoms with Crippen molar-refractivity contribution >= 4 is 0 Å². The van der Waals surface area contributed by atoms with E-state index in [0.29, 0.717) is 28.2 Å². The number of hydrogen-bond donors (Lipinski definition) is 0. The van der Waals surface area contributed by atoms with Gasteiger partial charge in [-0.15, -0.1) is 0 Å². The Morgan fingerprint density at radius 3 is 2.30 bits per heavy atom. The second kappa shape index (κ2) is 10.6. The minimum Gasteiger partial charge on any atom is -0.207 e. The third kappa shape index (κ3) is 5.51. The zero-order valence-electron chi connectivity index (χ0n) is 19.6. The predicted octanol–water partition coefficient (Wildman–Crippen LogP) is 9.23. The second-order valence-corrected chi connectivity index (χ2v) is 9.64. The molecule has 3 heteroatoms. The first-order valence-electron chi connectivity index (χ1n) is 12.3. The molecule has 0 heterocycles. The van der Waals surface area contributed by atoms with Crippen molar-refractivity contribution in [1.29, 1.82) is 0 Å². The third-order valence-electron chi connectivity index (χ3n) is 7.09. The molecule has 0 aromatic heterocycles. The van der Waals surface area contributed by atoms with Crippen molar-refractivity contribution in [3.8, 4) is 11.1 Å².